The van der Waals surface area contributed by atoms with Crippen LogP contribution in [-0.2, 0) is 19.1 Å². The number of nitrogens with one attached hydrogen (secondary N) is 1. The summed E-state index contributed by atoms with van der Waals surface area (Å²) in [5.41, 5.74) is 0.164. The maximum Gasteiger partial charge on any atom is 0.338 e. The van der Waals surface area contributed by atoms with Gasteiger partial charge in [-0.2, -0.15) is 0 Å². The lowest BCUT2D eigenvalue weighted by Gasteiger charge is -2.32. The Morgan fingerprint density at radius 2 is 2.05 bits per heavy atom. The molecule has 4 heterocycles. The summed E-state index contributed by atoms with van der Waals surface area (Å²) < 4.78 is 35.5. The molecular formula is C29H33F2N5O5S. The number of amides is 1. The molecule has 4 atom stereocenters. The molecule has 5 rings (SSSR count). The van der Waals surface area contributed by atoms with Crippen molar-refractivity contribution in [3.63, 3.8) is 0 Å². The third-order valence-electron chi connectivity index (χ3n) is 8.07. The Morgan fingerprint density at radius 3 is 2.71 bits per heavy atom. The number of aliphatic carboxylic acids is 1. The summed E-state index contributed by atoms with van der Waals surface area (Å²) in [4.78, 5) is 50.7. The van der Waals surface area contributed by atoms with E-state index in [4.69, 9.17) is 9.73 Å². The number of likely N-dealkylation sites (tertiary alicyclic amines) is 2. The van der Waals surface area contributed by atoms with Crippen LogP contribution in [0.1, 0.15) is 42.9 Å². The van der Waals surface area contributed by atoms with E-state index < -0.39 is 53.3 Å². The van der Waals surface area contributed by atoms with Crippen LogP contribution in [0, 0.1) is 24.1 Å². The molecule has 4 unspecified atom stereocenters. The molecule has 42 heavy (non-hydrogen) atoms. The number of carboxylic acids is 1. The predicted octanol–water partition coefficient (Wildman–Crippen LogP) is 3.09. The molecule has 10 nitrogen and oxygen atoms in total. The highest BCUT2D eigenvalue weighted by Gasteiger charge is 2.54. The van der Waals surface area contributed by atoms with E-state index in [0.717, 1.165) is 0 Å². The minimum absolute atomic E-state index is 0.0497. The second-order valence-electron chi connectivity index (χ2n) is 11.4. The van der Waals surface area contributed by atoms with Crippen LogP contribution in [0.5, 0.6) is 0 Å². The van der Waals surface area contributed by atoms with Crippen LogP contribution in [0.4, 0.5) is 8.78 Å². The molecule has 2 saturated heterocycles. The van der Waals surface area contributed by atoms with Crippen LogP contribution < -0.4 is 5.32 Å². The molecule has 3 aliphatic heterocycles. The van der Waals surface area contributed by atoms with Gasteiger partial charge in [-0.15, -0.1) is 11.3 Å². The van der Waals surface area contributed by atoms with Crippen LogP contribution >= 0.6 is 11.3 Å². The molecule has 1 aromatic heterocycles. The van der Waals surface area contributed by atoms with Gasteiger partial charge in [0.25, 0.3) is 0 Å². The third-order valence-corrected chi connectivity index (χ3v) is 8.85. The number of halogens is 2. The summed E-state index contributed by atoms with van der Waals surface area (Å²) in [6, 6.07) is 3.13. The first kappa shape index (κ1) is 29.8. The fraction of sp³-hybridized carbons (Fsp3) is 0.483. The second-order valence-corrected chi connectivity index (χ2v) is 12.3. The van der Waals surface area contributed by atoms with Gasteiger partial charge < -0.3 is 20.1 Å². The van der Waals surface area contributed by atoms with E-state index in [2.05, 4.69) is 10.3 Å². The van der Waals surface area contributed by atoms with Gasteiger partial charge in [-0.3, -0.25) is 19.5 Å². The van der Waals surface area contributed by atoms with Gasteiger partial charge in [-0.05, 0) is 44.9 Å². The van der Waals surface area contributed by atoms with E-state index in [1.807, 2.05) is 0 Å². The number of fused-ring (bicyclic) bond motifs is 1. The fourth-order valence-electron chi connectivity index (χ4n) is 5.85. The van der Waals surface area contributed by atoms with Crippen molar-refractivity contribution in [2.24, 2.45) is 16.3 Å². The molecule has 0 saturated carbocycles. The van der Waals surface area contributed by atoms with Crippen molar-refractivity contribution in [3.8, 4) is 0 Å². The Kier molecular flexibility index (Phi) is 8.17. The van der Waals surface area contributed by atoms with Crippen molar-refractivity contribution in [2.45, 2.75) is 46.0 Å². The highest BCUT2D eigenvalue weighted by molar-refractivity contribution is 7.11. The van der Waals surface area contributed by atoms with Crippen LogP contribution in [0.3, 0.4) is 0 Å². The van der Waals surface area contributed by atoms with E-state index in [0.29, 0.717) is 27.7 Å². The zero-order valence-electron chi connectivity index (χ0n) is 23.8. The highest BCUT2D eigenvalue weighted by Crippen LogP contribution is 2.39. The number of ether oxygens (including phenoxy) is 1. The number of hydrogen-bond donors (Lipinski definition) is 2. The molecule has 13 heteroatoms. The van der Waals surface area contributed by atoms with Crippen molar-refractivity contribution in [3.05, 3.63) is 63.0 Å². The summed E-state index contributed by atoms with van der Waals surface area (Å²) in [6.07, 6.45) is 0.150. The van der Waals surface area contributed by atoms with Gasteiger partial charge in [0.05, 0.1) is 23.5 Å². The number of amidine groups is 1. The van der Waals surface area contributed by atoms with Gasteiger partial charge in [0, 0.05) is 49.5 Å². The standard InChI is InChI=1S/C29H33F2N5O5S/c1-5-41-27(38)22-19(12-35-11-18(31)21-20(35)13-36(26(21)37)14-29(3,4)28(39)40)33-24(25-32-9-10-42-25)34-23(22)16-7-6-8-17(30)15(16)2/h6-10,18,20-21,23H,5,11-14H2,1-4H3,(H,33,34)(H,39,40). The minimum atomic E-state index is -1.47. The topological polar surface area (TPSA) is 124 Å². The second kappa shape index (κ2) is 11.5. The van der Waals surface area contributed by atoms with Crippen LogP contribution in [-0.4, -0.2) is 88.6 Å². The van der Waals surface area contributed by atoms with Gasteiger partial charge in [0.1, 0.15) is 18.0 Å². The smallest absolute Gasteiger partial charge is 0.338 e. The number of aromatic nitrogens is 1. The zero-order chi connectivity index (χ0) is 30.3. The first-order valence-electron chi connectivity index (χ1n) is 13.7. The van der Waals surface area contributed by atoms with Crippen molar-refractivity contribution in [1.29, 1.82) is 0 Å². The average molecular weight is 602 g/mol. The number of carbonyl (C=O) groups excluding carboxylic acids is 2. The average Bonchev–Trinajstić information content (AvgIpc) is 3.65. The normalized spacial score (nSPS) is 24.5. The van der Waals surface area contributed by atoms with Crippen molar-refractivity contribution in [1.82, 2.24) is 20.1 Å². The number of carbonyl (C=O) groups is 3. The summed E-state index contributed by atoms with van der Waals surface area (Å²) in [5.74, 6) is -3.13. The number of benzene rings is 1. The molecule has 3 aliphatic rings. The van der Waals surface area contributed by atoms with Crippen molar-refractivity contribution >= 4 is 35.0 Å². The van der Waals surface area contributed by atoms with Gasteiger partial charge in [0.2, 0.25) is 5.91 Å². The quantitative estimate of drug-likeness (QED) is 0.421. The Labute approximate surface area is 246 Å². The lowest BCUT2D eigenvalue weighted by molar-refractivity contribution is -0.149. The van der Waals surface area contributed by atoms with E-state index >= 15 is 4.39 Å². The van der Waals surface area contributed by atoms with E-state index in [-0.39, 0.29) is 38.4 Å². The molecular weight excluding hydrogens is 568 g/mol. The molecule has 1 amide bonds. The van der Waals surface area contributed by atoms with Crippen LogP contribution in [0.2, 0.25) is 0 Å². The van der Waals surface area contributed by atoms with Crippen LogP contribution in [0.25, 0.3) is 0 Å². The number of alkyl halides is 1. The van der Waals surface area contributed by atoms with Gasteiger partial charge in [-0.25, -0.2) is 18.6 Å². The fourth-order valence-corrected chi connectivity index (χ4v) is 6.44. The number of hydrogen-bond acceptors (Lipinski definition) is 9. The largest absolute Gasteiger partial charge is 0.481 e. The number of carboxylic acid groups (broad SMARTS) is 1. The molecule has 0 aliphatic carbocycles. The Hall–Kier alpha value is -3.71. The molecule has 0 radical (unpaired) electrons. The molecule has 2 fully saturated rings. The summed E-state index contributed by atoms with van der Waals surface area (Å²) in [5, 5.41) is 15.1. The number of aliphatic imine (C=N–C) groups is 1. The maximum atomic E-state index is 15.4. The zero-order valence-corrected chi connectivity index (χ0v) is 24.6. The summed E-state index contributed by atoms with van der Waals surface area (Å²) in [6.45, 7) is 6.54. The molecule has 1 aromatic carbocycles. The first-order chi connectivity index (χ1) is 19.9. The Balaban J connectivity index is 1.54. The summed E-state index contributed by atoms with van der Waals surface area (Å²) >= 11 is 1.33. The number of rotatable bonds is 9. The van der Waals surface area contributed by atoms with Crippen molar-refractivity contribution < 1.29 is 33.0 Å². The molecule has 224 valence electrons. The Morgan fingerprint density at radius 1 is 1.29 bits per heavy atom. The van der Waals surface area contributed by atoms with Crippen molar-refractivity contribution in [2.75, 3.05) is 32.8 Å². The Bertz CT molecular complexity index is 1460. The SMILES string of the molecule is CCOC(=O)C1=C(CN2CC(F)C3C(=O)N(CC(C)(C)C(=O)O)CC32)NC(c2nccs2)=NC1c1cccc(F)c1C. The van der Waals surface area contributed by atoms with E-state index in [9.17, 15) is 23.9 Å². The maximum absolute atomic E-state index is 15.4. The molecule has 2 N–H and O–H groups in total. The third kappa shape index (κ3) is 5.42. The van der Waals surface area contributed by atoms with Gasteiger partial charge >= 0.3 is 11.9 Å². The van der Waals surface area contributed by atoms with E-state index in [1.165, 1.54) is 36.2 Å². The lowest BCUT2D eigenvalue weighted by Crippen LogP contribution is -2.44. The summed E-state index contributed by atoms with van der Waals surface area (Å²) in [7, 11) is 0. The number of nitrogens with zero attached hydrogens (tertiary/aromatic N) is 4. The predicted molar refractivity (Wildman–Crippen MR) is 151 cm³/mol. The lowest BCUT2D eigenvalue weighted by atomic mass is 9.92. The minimum Gasteiger partial charge on any atom is -0.481 e. The number of thiazole rings is 1. The van der Waals surface area contributed by atoms with Gasteiger partial charge in [-0.1, -0.05) is 12.1 Å². The highest BCUT2D eigenvalue weighted by atomic mass is 32.1. The van der Waals surface area contributed by atoms with E-state index in [1.54, 1.807) is 42.5 Å². The first-order valence-corrected chi connectivity index (χ1v) is 14.6. The molecule has 0 bridgehead atoms. The molecule has 2 aromatic rings. The van der Waals surface area contributed by atoms with Gasteiger partial charge in [0.15, 0.2) is 10.8 Å². The van der Waals surface area contributed by atoms with Crippen LogP contribution in [0.15, 0.2) is 46.0 Å². The number of esters is 1. The monoisotopic (exact) mass is 601 g/mol. The molecule has 0 spiro atoms.